The van der Waals surface area contributed by atoms with Crippen molar-refractivity contribution >= 4 is 11.9 Å². The van der Waals surface area contributed by atoms with Crippen molar-refractivity contribution in [3.63, 3.8) is 0 Å². The molecule has 2 N–H and O–H groups in total. The Balaban J connectivity index is 2.37. The Labute approximate surface area is 127 Å². The van der Waals surface area contributed by atoms with Gasteiger partial charge in [0, 0.05) is 5.56 Å². The summed E-state index contributed by atoms with van der Waals surface area (Å²) in [4.78, 5) is 23.4. The standard InChI is InChI=1S/C17H16O5/c1-10(2)15-13(16(19)20)4-3-5-14(15)22-17(21)11-6-8-12(18)9-7-11/h3-10,18H,1-2H3,(H,19,20). The molecule has 0 aromatic heterocycles. The van der Waals surface area contributed by atoms with E-state index in [9.17, 15) is 19.8 Å². The predicted octanol–water partition coefficient (Wildman–Crippen LogP) is 3.43. The monoisotopic (exact) mass is 300 g/mol. The van der Waals surface area contributed by atoms with Crippen LogP contribution >= 0.6 is 0 Å². The highest BCUT2D eigenvalue weighted by atomic mass is 16.5. The van der Waals surface area contributed by atoms with Gasteiger partial charge in [-0.15, -0.1) is 0 Å². The molecule has 2 aromatic rings. The molecule has 114 valence electrons. The van der Waals surface area contributed by atoms with Crippen LogP contribution in [0.15, 0.2) is 42.5 Å². The summed E-state index contributed by atoms with van der Waals surface area (Å²) in [7, 11) is 0. The quantitative estimate of drug-likeness (QED) is 0.667. The summed E-state index contributed by atoms with van der Waals surface area (Å²) in [5.74, 6) is -1.51. The molecule has 5 nitrogen and oxygen atoms in total. The summed E-state index contributed by atoms with van der Waals surface area (Å²) in [6.07, 6.45) is 0. The van der Waals surface area contributed by atoms with Crippen molar-refractivity contribution in [2.75, 3.05) is 0 Å². The Morgan fingerprint density at radius 3 is 2.23 bits per heavy atom. The highest BCUT2D eigenvalue weighted by Crippen LogP contribution is 2.30. The number of benzene rings is 2. The van der Waals surface area contributed by atoms with Crippen molar-refractivity contribution < 1.29 is 24.5 Å². The Morgan fingerprint density at radius 1 is 1.05 bits per heavy atom. The second-order valence-corrected chi connectivity index (χ2v) is 5.11. The average molecular weight is 300 g/mol. The molecule has 0 bridgehead atoms. The van der Waals surface area contributed by atoms with Crippen LogP contribution in [-0.2, 0) is 0 Å². The van der Waals surface area contributed by atoms with E-state index in [1.807, 2.05) is 13.8 Å². The van der Waals surface area contributed by atoms with Crippen LogP contribution in [0.25, 0.3) is 0 Å². The minimum atomic E-state index is -1.06. The van der Waals surface area contributed by atoms with Crippen LogP contribution in [0.5, 0.6) is 11.5 Å². The summed E-state index contributed by atoms with van der Waals surface area (Å²) in [6.45, 7) is 3.67. The lowest BCUT2D eigenvalue weighted by atomic mass is 9.96. The molecule has 2 aromatic carbocycles. The molecule has 0 aliphatic rings. The number of carbonyl (C=O) groups excluding carboxylic acids is 1. The third-order valence-electron chi connectivity index (χ3n) is 3.18. The predicted molar refractivity (Wildman–Crippen MR) is 80.6 cm³/mol. The maximum atomic E-state index is 12.1. The van der Waals surface area contributed by atoms with Gasteiger partial charge in [0.05, 0.1) is 11.1 Å². The molecule has 0 amide bonds. The minimum Gasteiger partial charge on any atom is -0.508 e. The van der Waals surface area contributed by atoms with Crippen LogP contribution in [0, 0.1) is 0 Å². The molecule has 2 rings (SSSR count). The van der Waals surface area contributed by atoms with Crippen LogP contribution in [0.1, 0.15) is 46.0 Å². The summed E-state index contributed by atoms with van der Waals surface area (Å²) in [6, 6.07) is 10.2. The van der Waals surface area contributed by atoms with E-state index in [0.717, 1.165) is 0 Å². The number of phenolic OH excluding ortho intramolecular Hbond substituents is 1. The number of esters is 1. The number of carboxylic acids is 1. The average Bonchev–Trinajstić information content (AvgIpc) is 2.47. The van der Waals surface area contributed by atoms with Gasteiger partial charge in [0.25, 0.3) is 0 Å². The Kier molecular flexibility index (Phi) is 4.46. The summed E-state index contributed by atoms with van der Waals surface area (Å²) < 4.78 is 5.34. The van der Waals surface area contributed by atoms with Gasteiger partial charge in [0.2, 0.25) is 0 Å². The molecule has 0 heterocycles. The van der Waals surface area contributed by atoms with E-state index in [-0.39, 0.29) is 28.5 Å². The van der Waals surface area contributed by atoms with E-state index in [0.29, 0.717) is 5.56 Å². The van der Waals surface area contributed by atoms with Crippen LogP contribution in [0.3, 0.4) is 0 Å². The van der Waals surface area contributed by atoms with E-state index in [1.54, 1.807) is 6.07 Å². The molecule has 0 fully saturated rings. The summed E-state index contributed by atoms with van der Waals surface area (Å²) >= 11 is 0. The number of hydrogen-bond donors (Lipinski definition) is 2. The first kappa shape index (κ1) is 15.6. The lowest BCUT2D eigenvalue weighted by Crippen LogP contribution is -2.12. The fourth-order valence-corrected chi connectivity index (χ4v) is 2.17. The van der Waals surface area contributed by atoms with Gasteiger partial charge in [-0.25, -0.2) is 9.59 Å². The number of aromatic carboxylic acids is 1. The van der Waals surface area contributed by atoms with Crippen molar-refractivity contribution in [1.29, 1.82) is 0 Å². The molecular formula is C17H16O5. The first-order valence-electron chi connectivity index (χ1n) is 6.77. The number of ether oxygens (including phenoxy) is 1. The lowest BCUT2D eigenvalue weighted by molar-refractivity contribution is 0.0684. The number of carboxylic acid groups (broad SMARTS) is 1. The van der Waals surface area contributed by atoms with Crippen LogP contribution in [0.2, 0.25) is 0 Å². The number of carbonyl (C=O) groups is 2. The first-order chi connectivity index (χ1) is 10.4. The molecular weight excluding hydrogens is 284 g/mol. The fourth-order valence-electron chi connectivity index (χ4n) is 2.17. The molecule has 5 heteroatoms. The van der Waals surface area contributed by atoms with Crippen molar-refractivity contribution in [1.82, 2.24) is 0 Å². The zero-order valence-corrected chi connectivity index (χ0v) is 12.2. The number of rotatable bonds is 4. The SMILES string of the molecule is CC(C)c1c(OC(=O)c2ccc(O)cc2)cccc1C(=O)O. The van der Waals surface area contributed by atoms with E-state index in [4.69, 9.17) is 4.74 Å². The van der Waals surface area contributed by atoms with Gasteiger partial charge < -0.3 is 14.9 Å². The Bertz CT molecular complexity index is 701. The van der Waals surface area contributed by atoms with Gasteiger partial charge in [0.15, 0.2) is 0 Å². The van der Waals surface area contributed by atoms with Gasteiger partial charge >= 0.3 is 11.9 Å². The number of hydrogen-bond acceptors (Lipinski definition) is 4. The van der Waals surface area contributed by atoms with Crippen molar-refractivity contribution in [2.24, 2.45) is 0 Å². The summed E-state index contributed by atoms with van der Waals surface area (Å²) in [5.41, 5.74) is 0.862. The zero-order valence-electron chi connectivity index (χ0n) is 12.2. The van der Waals surface area contributed by atoms with Crippen molar-refractivity contribution in [3.05, 3.63) is 59.2 Å². The lowest BCUT2D eigenvalue weighted by Gasteiger charge is -2.15. The van der Waals surface area contributed by atoms with E-state index >= 15 is 0 Å². The second-order valence-electron chi connectivity index (χ2n) is 5.11. The fraction of sp³-hybridized carbons (Fsp3) is 0.176. The molecule has 0 saturated carbocycles. The molecule has 22 heavy (non-hydrogen) atoms. The van der Waals surface area contributed by atoms with Crippen molar-refractivity contribution in [2.45, 2.75) is 19.8 Å². The third-order valence-corrected chi connectivity index (χ3v) is 3.18. The highest BCUT2D eigenvalue weighted by molar-refractivity contribution is 5.93. The molecule has 0 aliphatic carbocycles. The number of phenols is 1. The number of aromatic hydroxyl groups is 1. The molecule has 0 aliphatic heterocycles. The normalized spacial score (nSPS) is 10.5. The Morgan fingerprint density at radius 2 is 1.68 bits per heavy atom. The van der Waals surface area contributed by atoms with Gasteiger partial charge in [-0.05, 0) is 42.3 Å². The summed E-state index contributed by atoms with van der Waals surface area (Å²) in [5, 5.41) is 18.5. The first-order valence-corrected chi connectivity index (χ1v) is 6.77. The molecule has 0 radical (unpaired) electrons. The largest absolute Gasteiger partial charge is 0.508 e. The van der Waals surface area contributed by atoms with Gasteiger partial charge in [0.1, 0.15) is 11.5 Å². The maximum absolute atomic E-state index is 12.1. The smallest absolute Gasteiger partial charge is 0.343 e. The van der Waals surface area contributed by atoms with Gasteiger partial charge in [-0.2, -0.15) is 0 Å². The van der Waals surface area contributed by atoms with E-state index in [2.05, 4.69) is 0 Å². The van der Waals surface area contributed by atoms with Crippen LogP contribution < -0.4 is 4.74 Å². The van der Waals surface area contributed by atoms with E-state index in [1.165, 1.54) is 36.4 Å². The minimum absolute atomic E-state index is 0.0484. The highest BCUT2D eigenvalue weighted by Gasteiger charge is 2.20. The van der Waals surface area contributed by atoms with Crippen LogP contribution in [-0.4, -0.2) is 22.2 Å². The third kappa shape index (κ3) is 3.25. The molecule has 0 spiro atoms. The topological polar surface area (TPSA) is 83.8 Å². The second kappa shape index (κ2) is 6.30. The molecule has 0 atom stereocenters. The van der Waals surface area contributed by atoms with Crippen LogP contribution in [0.4, 0.5) is 0 Å². The molecule has 0 saturated heterocycles. The zero-order chi connectivity index (χ0) is 16.3. The Hall–Kier alpha value is -2.82. The van der Waals surface area contributed by atoms with Gasteiger partial charge in [-0.1, -0.05) is 19.9 Å². The van der Waals surface area contributed by atoms with Crippen molar-refractivity contribution in [3.8, 4) is 11.5 Å². The van der Waals surface area contributed by atoms with Gasteiger partial charge in [-0.3, -0.25) is 0 Å². The maximum Gasteiger partial charge on any atom is 0.343 e. The molecule has 0 unspecified atom stereocenters. The van der Waals surface area contributed by atoms with E-state index < -0.39 is 11.9 Å².